The first-order valence-electron chi connectivity index (χ1n) is 14.9. The quantitative estimate of drug-likeness (QED) is 0.271. The molecular weight excluding hydrogens is 520 g/mol. The minimum atomic E-state index is -1.06. The van der Waals surface area contributed by atoms with Crippen molar-refractivity contribution in [2.75, 3.05) is 12.0 Å². The number of carboxylic acids is 1. The van der Waals surface area contributed by atoms with Gasteiger partial charge in [0, 0.05) is 12.1 Å². The number of carbonyl (C=O) groups excluding carboxylic acids is 1. The third-order valence-electron chi connectivity index (χ3n) is 7.92. The molecule has 0 aliphatic heterocycles. The second-order valence-electron chi connectivity index (χ2n) is 11.5. The van der Waals surface area contributed by atoms with Gasteiger partial charge in [-0.2, -0.15) is 11.8 Å². The van der Waals surface area contributed by atoms with Crippen molar-refractivity contribution in [3.63, 3.8) is 0 Å². The maximum atomic E-state index is 12.2. The van der Waals surface area contributed by atoms with Crippen LogP contribution < -0.4 is 10.6 Å². The second kappa shape index (κ2) is 16.7. The molecule has 0 saturated heterocycles. The second-order valence-corrected chi connectivity index (χ2v) is 12.5. The van der Waals surface area contributed by atoms with E-state index in [9.17, 15) is 14.7 Å². The number of carbonyl (C=O) groups is 2. The maximum absolute atomic E-state index is 12.2. The fourth-order valence-electron chi connectivity index (χ4n) is 5.52. The largest absolute Gasteiger partial charge is 0.480 e. The van der Waals surface area contributed by atoms with E-state index in [1.807, 2.05) is 60.9 Å². The topological polar surface area (TPSA) is 87.7 Å². The molecule has 0 spiro atoms. The average molecular weight is 569 g/mol. The molecule has 2 aromatic rings. The summed E-state index contributed by atoms with van der Waals surface area (Å²) in [5, 5.41) is 15.5. The summed E-state index contributed by atoms with van der Waals surface area (Å²) in [6.07, 6.45) is 16.1. The lowest BCUT2D eigenvalue weighted by Gasteiger charge is -2.30. The van der Waals surface area contributed by atoms with Crippen LogP contribution in [-0.2, 0) is 15.1 Å². The van der Waals surface area contributed by atoms with Crippen LogP contribution in [0.1, 0.15) is 90.0 Å². The van der Waals surface area contributed by atoms with Gasteiger partial charge in [-0.3, -0.25) is 0 Å². The molecule has 220 valence electrons. The molecule has 2 fully saturated rings. The van der Waals surface area contributed by atoms with Crippen molar-refractivity contribution in [2.45, 2.75) is 108 Å². The third-order valence-corrected chi connectivity index (χ3v) is 8.56. The normalized spacial score (nSPS) is 17.3. The van der Waals surface area contributed by atoms with Crippen LogP contribution >= 0.6 is 11.8 Å². The van der Waals surface area contributed by atoms with E-state index in [0.717, 1.165) is 28.8 Å². The Hall–Kier alpha value is -2.51. The molecule has 6 nitrogen and oxygen atoms in total. The van der Waals surface area contributed by atoms with E-state index in [2.05, 4.69) is 10.6 Å². The number of nitrogens with one attached hydrogen (secondary N) is 2. The Morgan fingerprint density at radius 1 is 0.875 bits per heavy atom. The molecule has 1 unspecified atom stereocenters. The molecule has 2 aromatic carbocycles. The minimum absolute atomic E-state index is 0.345. The van der Waals surface area contributed by atoms with Crippen molar-refractivity contribution >= 4 is 23.8 Å². The molecule has 2 aliphatic carbocycles. The number of carboxylic acid groups (broad SMARTS) is 1. The summed E-state index contributed by atoms with van der Waals surface area (Å²) >= 11 is 1.53. The van der Waals surface area contributed by atoms with Gasteiger partial charge in [0.2, 0.25) is 0 Å². The highest BCUT2D eigenvalue weighted by Gasteiger charge is 2.28. The molecule has 1 atom stereocenters. The molecule has 0 radical (unpaired) electrons. The average Bonchev–Trinajstić information content (AvgIpc) is 2.97. The zero-order valence-corrected chi connectivity index (χ0v) is 25.3. The zero-order chi connectivity index (χ0) is 28.8. The lowest BCUT2D eigenvalue weighted by molar-refractivity contribution is -0.139. The first kappa shape index (κ1) is 32.0. The van der Waals surface area contributed by atoms with Crippen LogP contribution in [0.4, 0.5) is 4.79 Å². The van der Waals surface area contributed by atoms with E-state index < -0.39 is 23.7 Å². The first-order valence-corrected chi connectivity index (χ1v) is 16.3. The van der Waals surface area contributed by atoms with E-state index in [-0.39, 0.29) is 0 Å². The van der Waals surface area contributed by atoms with Crippen LogP contribution in [0.5, 0.6) is 0 Å². The monoisotopic (exact) mass is 568 g/mol. The fraction of sp³-hybridized carbons (Fsp3) is 0.576. The number of hydrogen-bond donors (Lipinski definition) is 3. The zero-order valence-electron chi connectivity index (χ0n) is 24.5. The van der Waals surface area contributed by atoms with E-state index in [1.54, 1.807) is 13.8 Å². The number of thioether (sulfide) groups is 1. The van der Waals surface area contributed by atoms with Crippen LogP contribution in [0.2, 0.25) is 0 Å². The summed E-state index contributed by atoms with van der Waals surface area (Å²) in [6.45, 7) is 3.56. The number of amides is 1. The van der Waals surface area contributed by atoms with Crippen molar-refractivity contribution in [3.05, 3.63) is 60.2 Å². The Bertz CT molecular complexity index is 1000. The number of alkyl carbamates (subject to hydrolysis) is 1. The van der Waals surface area contributed by atoms with Gasteiger partial charge in [0.1, 0.15) is 11.6 Å². The van der Waals surface area contributed by atoms with Crippen molar-refractivity contribution < 1.29 is 19.4 Å². The summed E-state index contributed by atoms with van der Waals surface area (Å²) in [6, 6.07) is 18.6. The first-order chi connectivity index (χ1) is 19.3. The number of ether oxygens (including phenoxy) is 1. The number of hydrogen-bond acceptors (Lipinski definition) is 5. The van der Waals surface area contributed by atoms with Gasteiger partial charge in [0.25, 0.3) is 0 Å². The van der Waals surface area contributed by atoms with Gasteiger partial charge >= 0.3 is 12.1 Å². The predicted octanol–water partition coefficient (Wildman–Crippen LogP) is 7.76. The molecule has 0 aromatic heterocycles. The van der Waals surface area contributed by atoms with Gasteiger partial charge in [-0.15, -0.1) is 0 Å². The summed E-state index contributed by atoms with van der Waals surface area (Å²) in [7, 11) is 0. The minimum Gasteiger partial charge on any atom is -0.480 e. The SMILES string of the molecule is C1CCC(NC2CCCCC2)CC1.CSCCC(NC(=O)OC(C)(C)c1ccc(-c2ccccc2)cc1)C(=O)O. The molecule has 7 heteroatoms. The van der Waals surface area contributed by atoms with Gasteiger partial charge in [-0.05, 0) is 74.7 Å². The lowest BCUT2D eigenvalue weighted by atomic mass is 9.91. The molecule has 2 saturated carbocycles. The van der Waals surface area contributed by atoms with Gasteiger partial charge < -0.3 is 20.5 Å². The van der Waals surface area contributed by atoms with Crippen LogP contribution in [0.15, 0.2) is 54.6 Å². The van der Waals surface area contributed by atoms with Gasteiger partial charge in [0.05, 0.1) is 0 Å². The van der Waals surface area contributed by atoms with Gasteiger partial charge in [-0.1, -0.05) is 93.1 Å². The molecule has 1 amide bonds. The van der Waals surface area contributed by atoms with Crippen LogP contribution in [-0.4, -0.2) is 47.3 Å². The summed E-state index contributed by atoms with van der Waals surface area (Å²) < 4.78 is 5.51. The smallest absolute Gasteiger partial charge is 0.408 e. The third kappa shape index (κ3) is 10.8. The Kier molecular flexibility index (Phi) is 13.3. The van der Waals surface area contributed by atoms with E-state index in [1.165, 1.54) is 76.0 Å². The Balaban J connectivity index is 0.000000281. The van der Waals surface area contributed by atoms with Gasteiger partial charge in [-0.25, -0.2) is 9.59 Å². The highest BCUT2D eigenvalue weighted by molar-refractivity contribution is 7.98. The van der Waals surface area contributed by atoms with Crippen LogP contribution in [0.25, 0.3) is 11.1 Å². The van der Waals surface area contributed by atoms with Crippen LogP contribution in [0.3, 0.4) is 0 Å². The number of aliphatic carboxylic acids is 1. The Morgan fingerprint density at radius 2 is 1.40 bits per heavy atom. The Labute approximate surface area is 245 Å². The molecular formula is C33H48N2O4S. The molecule has 4 rings (SSSR count). The molecule has 0 heterocycles. The van der Waals surface area contributed by atoms with Crippen LogP contribution in [0, 0.1) is 0 Å². The molecule has 0 bridgehead atoms. The summed E-state index contributed by atoms with van der Waals surface area (Å²) in [4.78, 5) is 23.5. The fourth-order valence-corrected chi connectivity index (χ4v) is 5.99. The number of rotatable bonds is 10. The summed E-state index contributed by atoms with van der Waals surface area (Å²) in [5.41, 5.74) is 2.12. The molecule has 2 aliphatic rings. The highest BCUT2D eigenvalue weighted by Crippen LogP contribution is 2.28. The highest BCUT2D eigenvalue weighted by atomic mass is 32.2. The van der Waals surface area contributed by atoms with Crippen molar-refractivity contribution in [1.82, 2.24) is 10.6 Å². The standard InChI is InChI=1S/C21H25NO4S.C12H23N/c1-21(2,26-20(25)22-18(19(23)24)13-14-27-3)17-11-9-16(10-12-17)15-7-5-4-6-8-15;1-3-7-11(8-4-1)13-12-9-5-2-6-10-12/h4-12,18H,13-14H2,1-3H3,(H,22,25)(H,23,24);11-13H,1-10H2. The maximum Gasteiger partial charge on any atom is 0.408 e. The summed E-state index contributed by atoms with van der Waals surface area (Å²) in [5.74, 6) is -0.423. The van der Waals surface area contributed by atoms with Crippen molar-refractivity contribution in [1.29, 1.82) is 0 Å². The Morgan fingerprint density at radius 3 is 1.90 bits per heavy atom. The van der Waals surface area contributed by atoms with Crippen molar-refractivity contribution in [3.8, 4) is 11.1 Å². The number of benzene rings is 2. The van der Waals surface area contributed by atoms with E-state index in [0.29, 0.717) is 12.2 Å². The van der Waals surface area contributed by atoms with E-state index in [4.69, 9.17) is 4.74 Å². The van der Waals surface area contributed by atoms with E-state index >= 15 is 0 Å². The molecule has 40 heavy (non-hydrogen) atoms. The lowest BCUT2D eigenvalue weighted by Crippen LogP contribution is -2.43. The van der Waals surface area contributed by atoms with Crippen molar-refractivity contribution in [2.24, 2.45) is 0 Å². The van der Waals surface area contributed by atoms with Gasteiger partial charge in [0.15, 0.2) is 0 Å². The predicted molar refractivity (Wildman–Crippen MR) is 166 cm³/mol. The molecule has 3 N–H and O–H groups in total.